The van der Waals surface area contributed by atoms with Gasteiger partial charge < -0.3 is 9.66 Å². The van der Waals surface area contributed by atoms with Crippen molar-refractivity contribution in [2.45, 2.75) is 5.25 Å². The van der Waals surface area contributed by atoms with Crippen molar-refractivity contribution in [2.75, 3.05) is 0 Å². The molecule has 15 heavy (non-hydrogen) atoms. The van der Waals surface area contributed by atoms with Crippen LogP contribution in [0.2, 0.25) is 0 Å². The van der Waals surface area contributed by atoms with Crippen molar-refractivity contribution < 1.29 is 23.5 Å². The maximum atomic E-state index is 11.1. The molecule has 0 spiro atoms. The summed E-state index contributed by atoms with van der Waals surface area (Å²) in [6, 6.07) is 7.64. The molecule has 0 saturated heterocycles. The molecule has 1 rings (SSSR count). The highest BCUT2D eigenvalue weighted by molar-refractivity contribution is 7.80. The van der Waals surface area contributed by atoms with Crippen molar-refractivity contribution >= 4 is 22.8 Å². The summed E-state index contributed by atoms with van der Waals surface area (Å²) < 4.78 is 19.7. The molecule has 1 aromatic carbocycles. The third kappa shape index (κ3) is 2.71. The molecule has 6 heteroatoms. The fourth-order valence-electron chi connectivity index (χ4n) is 1.10. The zero-order valence-electron chi connectivity index (χ0n) is 7.49. The third-order valence-electron chi connectivity index (χ3n) is 1.75. The molecule has 0 heterocycles. The number of ketones is 1. The van der Waals surface area contributed by atoms with Crippen LogP contribution in [0.1, 0.15) is 10.8 Å². The van der Waals surface area contributed by atoms with Crippen LogP contribution in [0, 0.1) is 0 Å². The highest BCUT2D eigenvalue weighted by atomic mass is 32.2. The van der Waals surface area contributed by atoms with Gasteiger partial charge in [0.2, 0.25) is 0 Å². The van der Waals surface area contributed by atoms with Crippen LogP contribution in [0.15, 0.2) is 30.3 Å². The van der Waals surface area contributed by atoms with Crippen LogP contribution in [0.25, 0.3) is 0 Å². The van der Waals surface area contributed by atoms with Crippen molar-refractivity contribution in [2.24, 2.45) is 0 Å². The highest BCUT2D eigenvalue weighted by Gasteiger charge is 2.31. The van der Waals surface area contributed by atoms with Crippen LogP contribution < -0.4 is 0 Å². The number of rotatable bonds is 4. The Balaban J connectivity index is 3.10. The lowest BCUT2D eigenvalue weighted by Gasteiger charge is -2.08. The number of hydrogen-bond donors (Lipinski definition) is 2. The standard InChI is InChI=1S/C9H8O5S/c10-7(9(11)12)8(15(13)14)6-4-2-1-3-5-6/h1-5,8H,(H,11,12)(H,13,14). The van der Waals surface area contributed by atoms with Crippen LogP contribution in [-0.4, -0.2) is 25.6 Å². The molecule has 5 nitrogen and oxygen atoms in total. The normalized spacial score (nSPS) is 14.2. The second kappa shape index (κ2) is 4.81. The molecule has 0 aliphatic rings. The molecule has 0 fully saturated rings. The van der Waals surface area contributed by atoms with Crippen molar-refractivity contribution in [3.05, 3.63) is 35.9 Å². The number of carbonyl (C=O) groups excluding carboxylic acids is 1. The van der Waals surface area contributed by atoms with E-state index in [0.717, 1.165) is 0 Å². The Bertz CT molecular complexity index is 400. The number of benzene rings is 1. The van der Waals surface area contributed by atoms with E-state index in [-0.39, 0.29) is 5.56 Å². The minimum atomic E-state index is -2.54. The van der Waals surface area contributed by atoms with Crippen molar-refractivity contribution in [1.82, 2.24) is 0 Å². The molecule has 0 amide bonds. The van der Waals surface area contributed by atoms with Crippen LogP contribution in [0.4, 0.5) is 0 Å². The lowest BCUT2D eigenvalue weighted by Crippen LogP contribution is -2.24. The smallest absolute Gasteiger partial charge is 0.373 e. The van der Waals surface area contributed by atoms with E-state index >= 15 is 0 Å². The van der Waals surface area contributed by atoms with Gasteiger partial charge in [0, 0.05) is 0 Å². The van der Waals surface area contributed by atoms with Crippen molar-refractivity contribution in [1.29, 1.82) is 0 Å². The lowest BCUT2D eigenvalue weighted by atomic mass is 10.1. The SMILES string of the molecule is O=C(O)C(=O)C(c1ccccc1)S(=O)O. The Morgan fingerprint density at radius 3 is 2.13 bits per heavy atom. The van der Waals surface area contributed by atoms with E-state index in [1.807, 2.05) is 0 Å². The summed E-state index contributed by atoms with van der Waals surface area (Å²) in [5, 5.41) is 6.94. The van der Waals surface area contributed by atoms with Crippen LogP contribution in [-0.2, 0) is 20.7 Å². The quantitative estimate of drug-likeness (QED) is 0.581. The number of Topliss-reactive ketones (excluding diaryl/α,β-unsaturated/α-hetero) is 1. The highest BCUT2D eigenvalue weighted by Crippen LogP contribution is 2.19. The van der Waals surface area contributed by atoms with Crippen molar-refractivity contribution in [3.63, 3.8) is 0 Å². The summed E-state index contributed by atoms with van der Waals surface area (Å²) in [7, 11) is 0. The van der Waals surface area contributed by atoms with Gasteiger partial charge in [-0.2, -0.15) is 0 Å². The Hall–Kier alpha value is -1.53. The van der Waals surface area contributed by atoms with E-state index in [4.69, 9.17) is 9.66 Å². The minimum Gasteiger partial charge on any atom is -0.475 e. The second-order valence-electron chi connectivity index (χ2n) is 2.74. The molecule has 0 bridgehead atoms. The third-order valence-corrected chi connectivity index (χ3v) is 2.64. The zero-order valence-corrected chi connectivity index (χ0v) is 8.31. The fourth-order valence-corrected chi connectivity index (χ4v) is 1.77. The van der Waals surface area contributed by atoms with E-state index in [0.29, 0.717) is 0 Å². The Labute approximate surface area is 88.0 Å². The van der Waals surface area contributed by atoms with E-state index in [1.165, 1.54) is 12.1 Å². The van der Waals surface area contributed by atoms with E-state index in [9.17, 15) is 13.8 Å². The lowest BCUT2D eigenvalue weighted by molar-refractivity contribution is -0.149. The maximum absolute atomic E-state index is 11.1. The van der Waals surface area contributed by atoms with Gasteiger partial charge in [-0.15, -0.1) is 0 Å². The van der Waals surface area contributed by atoms with Gasteiger partial charge >= 0.3 is 5.97 Å². The van der Waals surface area contributed by atoms with Crippen molar-refractivity contribution in [3.8, 4) is 0 Å². The molecule has 2 N–H and O–H groups in total. The number of carboxylic acid groups (broad SMARTS) is 1. The fraction of sp³-hybridized carbons (Fsp3) is 0.111. The first-order valence-electron chi connectivity index (χ1n) is 3.95. The van der Waals surface area contributed by atoms with Gasteiger partial charge in [0.1, 0.15) is 0 Å². The van der Waals surface area contributed by atoms with E-state index in [1.54, 1.807) is 18.2 Å². The molecule has 0 aliphatic carbocycles. The molecule has 0 aromatic heterocycles. The van der Waals surface area contributed by atoms with Gasteiger partial charge in [-0.05, 0) is 5.56 Å². The van der Waals surface area contributed by atoms with Crippen LogP contribution >= 0.6 is 0 Å². The van der Waals surface area contributed by atoms with Gasteiger partial charge in [0.15, 0.2) is 16.3 Å². The van der Waals surface area contributed by atoms with Gasteiger partial charge in [0.05, 0.1) is 0 Å². The molecule has 1 aromatic rings. The van der Waals surface area contributed by atoms with Gasteiger partial charge in [-0.25, -0.2) is 9.00 Å². The summed E-state index contributed by atoms with van der Waals surface area (Å²) in [5.41, 5.74) is 0.214. The van der Waals surface area contributed by atoms with E-state index in [2.05, 4.69) is 0 Å². The molecule has 2 unspecified atom stereocenters. The topological polar surface area (TPSA) is 91.7 Å². The summed E-state index contributed by atoms with van der Waals surface area (Å²) >= 11 is -2.54. The zero-order chi connectivity index (χ0) is 11.4. The predicted molar refractivity (Wildman–Crippen MR) is 52.6 cm³/mol. The summed E-state index contributed by atoms with van der Waals surface area (Å²) in [4.78, 5) is 21.6. The summed E-state index contributed by atoms with van der Waals surface area (Å²) in [5.74, 6) is -3.01. The number of carboxylic acids is 1. The molecule has 2 atom stereocenters. The van der Waals surface area contributed by atoms with Gasteiger partial charge in [-0.3, -0.25) is 4.79 Å². The minimum absolute atomic E-state index is 0.214. The maximum Gasteiger partial charge on any atom is 0.373 e. The number of hydrogen-bond acceptors (Lipinski definition) is 3. The second-order valence-corrected chi connectivity index (χ2v) is 3.76. The molecule has 0 saturated carbocycles. The van der Waals surface area contributed by atoms with Crippen LogP contribution in [0.3, 0.4) is 0 Å². The average molecular weight is 228 g/mol. The Morgan fingerprint density at radius 2 is 1.73 bits per heavy atom. The Kier molecular flexibility index (Phi) is 3.70. The van der Waals surface area contributed by atoms with E-state index < -0.39 is 28.1 Å². The number of aliphatic carboxylic acids is 1. The first-order chi connectivity index (χ1) is 7.04. The molecule has 0 aliphatic heterocycles. The number of carbonyl (C=O) groups is 2. The molecule has 80 valence electrons. The van der Waals surface area contributed by atoms with Gasteiger partial charge in [0.25, 0.3) is 5.78 Å². The molecular formula is C9H8O5S. The largest absolute Gasteiger partial charge is 0.475 e. The van der Waals surface area contributed by atoms with Crippen LogP contribution in [0.5, 0.6) is 0 Å². The predicted octanol–water partition coefficient (Wildman–Crippen LogP) is 0.603. The first-order valence-corrected chi connectivity index (χ1v) is 5.12. The molecule has 0 radical (unpaired) electrons. The van der Waals surface area contributed by atoms with Gasteiger partial charge in [-0.1, -0.05) is 30.3 Å². The molecular weight excluding hydrogens is 220 g/mol. The summed E-state index contributed by atoms with van der Waals surface area (Å²) in [6.07, 6.45) is 0. The average Bonchev–Trinajstić information content (AvgIpc) is 2.18. The monoisotopic (exact) mass is 228 g/mol. The summed E-state index contributed by atoms with van der Waals surface area (Å²) in [6.45, 7) is 0. The first kappa shape index (κ1) is 11.5. The Morgan fingerprint density at radius 1 is 1.20 bits per heavy atom.